The van der Waals surface area contributed by atoms with Gasteiger partial charge >= 0.3 is 15.5 Å². The molecule has 166 valence electrons. The van der Waals surface area contributed by atoms with Crippen LogP contribution in [0.4, 0.5) is 18.9 Å². The van der Waals surface area contributed by atoms with Gasteiger partial charge in [0.15, 0.2) is 0 Å². The molecule has 1 aromatic rings. The molecule has 0 aliphatic rings. The van der Waals surface area contributed by atoms with Gasteiger partial charge in [-0.25, -0.2) is 5.84 Å². The first kappa shape index (κ1) is 26.9. The predicted octanol–water partition coefficient (Wildman–Crippen LogP) is 4.91. The summed E-state index contributed by atoms with van der Waals surface area (Å²) in [6.45, 7) is 13.6. The molecule has 6 nitrogen and oxygen atoms in total. The van der Waals surface area contributed by atoms with Crippen LogP contribution in [0.25, 0.3) is 0 Å². The second-order valence-corrected chi connectivity index (χ2v) is 8.11. The molecular weight excluding hydrogens is 405 g/mol. The number of aryl methyl sites for hydroxylation is 1. The number of anilines is 1. The number of alkyl halides is 3. The zero-order chi connectivity index (χ0) is 23.0. The summed E-state index contributed by atoms with van der Waals surface area (Å²) < 4.78 is 61.6. The van der Waals surface area contributed by atoms with Crippen molar-refractivity contribution in [1.82, 2.24) is 5.01 Å². The first-order chi connectivity index (χ1) is 13.3. The summed E-state index contributed by atoms with van der Waals surface area (Å²) in [5.41, 5.74) is -3.72. The molecule has 0 spiro atoms. The van der Waals surface area contributed by atoms with E-state index >= 15 is 0 Å². The number of nitrogens with zero attached hydrogens (tertiary/aromatic N) is 3. The lowest BCUT2D eigenvalue weighted by molar-refractivity contribution is -0.0438. The van der Waals surface area contributed by atoms with Crippen LogP contribution < -0.4 is 10.3 Å². The molecule has 0 saturated heterocycles. The molecule has 1 rings (SSSR count). The number of hydrazine groups is 1. The van der Waals surface area contributed by atoms with E-state index in [9.17, 15) is 21.6 Å². The Morgan fingerprint density at radius 3 is 2.14 bits per heavy atom. The maximum atomic E-state index is 12.8. The average Bonchev–Trinajstić information content (AvgIpc) is 2.64. The molecule has 0 radical (unpaired) electrons. The van der Waals surface area contributed by atoms with Gasteiger partial charge in [-0.3, -0.25) is 5.01 Å². The van der Waals surface area contributed by atoms with Gasteiger partial charge in [-0.2, -0.15) is 31.1 Å². The van der Waals surface area contributed by atoms with Crippen LogP contribution in [0.5, 0.6) is 0 Å². The minimum atomic E-state index is -5.72. The lowest BCUT2D eigenvalue weighted by atomic mass is 10.1. The van der Waals surface area contributed by atoms with Gasteiger partial charge in [-0.1, -0.05) is 38.0 Å². The summed E-state index contributed by atoms with van der Waals surface area (Å²) in [5.74, 6) is 5.34. The van der Waals surface area contributed by atoms with E-state index in [4.69, 9.17) is 5.84 Å². The van der Waals surface area contributed by atoms with Gasteiger partial charge in [0.05, 0.1) is 11.4 Å². The van der Waals surface area contributed by atoms with Gasteiger partial charge in [-0.05, 0) is 46.8 Å². The number of hydrazone groups is 1. The SMILES string of the molecule is C/C=C(/C)N(CC)/N=C(\C)c1cc(C)ccc1N(N)S(=O)(=O)C(F)(F)F.CCC. The number of nitrogens with two attached hydrogens (primary N) is 1. The van der Waals surface area contributed by atoms with Gasteiger partial charge in [0.1, 0.15) is 0 Å². The van der Waals surface area contributed by atoms with E-state index in [1.165, 1.54) is 18.6 Å². The molecule has 0 amide bonds. The maximum Gasteiger partial charge on any atom is 0.518 e. The van der Waals surface area contributed by atoms with Crippen molar-refractivity contribution < 1.29 is 21.6 Å². The summed E-state index contributed by atoms with van der Waals surface area (Å²) in [5, 5.41) is 6.04. The van der Waals surface area contributed by atoms with E-state index in [2.05, 4.69) is 18.9 Å². The number of rotatable bonds is 6. The largest absolute Gasteiger partial charge is 0.518 e. The molecule has 0 aromatic heterocycles. The van der Waals surface area contributed by atoms with Crippen LogP contribution >= 0.6 is 0 Å². The maximum absolute atomic E-state index is 12.8. The van der Waals surface area contributed by atoms with Crippen LogP contribution in [0.15, 0.2) is 35.1 Å². The fourth-order valence-electron chi connectivity index (χ4n) is 2.16. The smallest absolute Gasteiger partial charge is 0.270 e. The summed E-state index contributed by atoms with van der Waals surface area (Å²) >= 11 is 0. The summed E-state index contributed by atoms with van der Waals surface area (Å²) in [4.78, 5) is 0. The molecular formula is C19H31F3N4O2S. The van der Waals surface area contributed by atoms with Crippen LogP contribution in [0, 0.1) is 6.92 Å². The van der Waals surface area contributed by atoms with Crippen molar-refractivity contribution in [1.29, 1.82) is 0 Å². The van der Waals surface area contributed by atoms with Gasteiger partial charge in [0, 0.05) is 17.8 Å². The van der Waals surface area contributed by atoms with Crippen molar-refractivity contribution in [3.05, 3.63) is 41.1 Å². The second kappa shape index (κ2) is 11.2. The lowest BCUT2D eigenvalue weighted by Crippen LogP contribution is -2.46. The Hall–Kier alpha value is -2.07. The minimum Gasteiger partial charge on any atom is -0.270 e. The summed E-state index contributed by atoms with van der Waals surface area (Å²) in [6.07, 6.45) is 3.08. The third-order valence-corrected chi connectivity index (χ3v) is 5.03. The van der Waals surface area contributed by atoms with Crippen LogP contribution in [-0.2, 0) is 10.0 Å². The topological polar surface area (TPSA) is 79.0 Å². The highest BCUT2D eigenvalue weighted by Crippen LogP contribution is 2.31. The van der Waals surface area contributed by atoms with Crippen molar-refractivity contribution in [2.75, 3.05) is 11.0 Å². The normalized spacial score (nSPS) is 12.9. The third-order valence-electron chi connectivity index (χ3n) is 3.73. The highest BCUT2D eigenvalue weighted by atomic mass is 32.2. The van der Waals surface area contributed by atoms with Crippen LogP contribution in [-0.4, -0.2) is 31.2 Å². The predicted molar refractivity (Wildman–Crippen MR) is 113 cm³/mol. The molecule has 0 aliphatic heterocycles. The summed E-state index contributed by atoms with van der Waals surface area (Å²) in [6, 6.07) is 4.25. The lowest BCUT2D eigenvalue weighted by Gasteiger charge is -2.24. The molecule has 0 saturated carbocycles. The van der Waals surface area contributed by atoms with Gasteiger partial charge in [0.25, 0.3) is 0 Å². The van der Waals surface area contributed by atoms with Crippen molar-refractivity contribution in [3.8, 4) is 0 Å². The van der Waals surface area contributed by atoms with E-state index < -0.39 is 15.5 Å². The van der Waals surface area contributed by atoms with E-state index in [1.54, 1.807) is 24.9 Å². The quantitative estimate of drug-likeness (QED) is 0.390. The molecule has 0 unspecified atom stereocenters. The van der Waals surface area contributed by atoms with E-state index in [-0.39, 0.29) is 15.7 Å². The van der Waals surface area contributed by atoms with Crippen molar-refractivity contribution >= 4 is 21.4 Å². The number of benzene rings is 1. The van der Waals surface area contributed by atoms with Crippen molar-refractivity contribution in [2.24, 2.45) is 10.9 Å². The van der Waals surface area contributed by atoms with Gasteiger partial charge in [0.2, 0.25) is 0 Å². The van der Waals surface area contributed by atoms with Crippen LogP contribution in [0.3, 0.4) is 0 Å². The first-order valence-corrected chi connectivity index (χ1v) is 10.6. The highest BCUT2D eigenvalue weighted by molar-refractivity contribution is 7.93. The van der Waals surface area contributed by atoms with E-state index in [0.29, 0.717) is 12.3 Å². The van der Waals surface area contributed by atoms with E-state index in [0.717, 1.165) is 11.3 Å². The average molecular weight is 437 g/mol. The zero-order valence-electron chi connectivity index (χ0n) is 18.0. The Balaban J connectivity index is 0.00000245. The molecule has 0 heterocycles. The standard InChI is InChI=1S/C16H23F3N4O2S.C3H8/c1-6-12(4)22(7-2)21-13(5)14-10-11(3)8-9-15(14)23(20)26(24,25)16(17,18)19;1-3-2/h6,8-10H,7,20H2,1-5H3;3H2,1-2H3/b12-6-,21-13+;. The molecule has 1 aromatic carbocycles. The third kappa shape index (κ3) is 7.04. The molecule has 29 heavy (non-hydrogen) atoms. The van der Waals surface area contributed by atoms with Crippen LogP contribution in [0.1, 0.15) is 59.1 Å². The first-order valence-electron chi connectivity index (χ1n) is 9.21. The number of sulfonamides is 1. The molecule has 0 fully saturated rings. The molecule has 0 atom stereocenters. The molecule has 0 bridgehead atoms. The Morgan fingerprint density at radius 1 is 1.21 bits per heavy atom. The number of hydrogen-bond acceptors (Lipinski definition) is 5. The fraction of sp³-hybridized carbons (Fsp3) is 0.526. The Labute approximate surface area is 171 Å². The number of allylic oxidation sites excluding steroid dienone is 2. The van der Waals surface area contributed by atoms with Gasteiger partial charge < -0.3 is 0 Å². The van der Waals surface area contributed by atoms with Crippen molar-refractivity contribution in [3.63, 3.8) is 0 Å². The molecule has 2 N–H and O–H groups in total. The summed E-state index contributed by atoms with van der Waals surface area (Å²) in [7, 11) is -5.72. The Kier molecular flexibility index (Phi) is 10.4. The molecule has 10 heteroatoms. The van der Waals surface area contributed by atoms with Crippen LogP contribution in [0.2, 0.25) is 0 Å². The molecule has 0 aliphatic carbocycles. The number of halogens is 3. The Bertz CT molecular complexity index is 834. The minimum absolute atomic E-state index is 0.197. The zero-order valence-corrected chi connectivity index (χ0v) is 18.8. The highest BCUT2D eigenvalue weighted by Gasteiger charge is 2.50. The fourth-order valence-corrected chi connectivity index (χ4v) is 2.80. The second-order valence-electron chi connectivity index (χ2n) is 6.31. The van der Waals surface area contributed by atoms with E-state index in [1.807, 2.05) is 26.8 Å². The van der Waals surface area contributed by atoms with Crippen molar-refractivity contribution in [2.45, 2.75) is 60.4 Å². The monoisotopic (exact) mass is 436 g/mol. The Morgan fingerprint density at radius 2 is 1.72 bits per heavy atom. The van der Waals surface area contributed by atoms with Gasteiger partial charge in [-0.15, -0.1) is 0 Å². The number of hydrogen-bond donors (Lipinski definition) is 1.